The van der Waals surface area contributed by atoms with Gasteiger partial charge in [0.2, 0.25) is 0 Å². The lowest BCUT2D eigenvalue weighted by Crippen LogP contribution is -2.46. The third-order valence-corrected chi connectivity index (χ3v) is 3.96. The zero-order chi connectivity index (χ0) is 16.1. The van der Waals surface area contributed by atoms with Gasteiger partial charge in [0.15, 0.2) is 0 Å². The molecular formula is C16H22N2O4. The number of carboxylic acids is 1. The molecule has 1 saturated heterocycles. The van der Waals surface area contributed by atoms with Gasteiger partial charge in [0, 0.05) is 19.1 Å². The summed E-state index contributed by atoms with van der Waals surface area (Å²) in [6.45, 7) is 3.31. The molecule has 0 saturated carbocycles. The van der Waals surface area contributed by atoms with Crippen molar-refractivity contribution in [2.24, 2.45) is 0 Å². The Labute approximate surface area is 130 Å². The first kappa shape index (κ1) is 16.3. The number of benzene rings is 1. The smallest absolute Gasteiger partial charge is 0.317 e. The molecule has 6 nitrogen and oxygen atoms in total. The molecule has 0 aliphatic carbocycles. The average molecular weight is 306 g/mol. The minimum absolute atomic E-state index is 0.0618. The molecule has 0 unspecified atom stereocenters. The molecule has 0 aromatic heterocycles. The van der Waals surface area contributed by atoms with Crippen molar-refractivity contribution >= 4 is 11.9 Å². The second-order valence-electron chi connectivity index (χ2n) is 5.57. The SMILES string of the molecule is COc1cccc(C)c1C(=O)NC1CCN(CC(=O)O)CC1. The van der Waals surface area contributed by atoms with Crippen LogP contribution in [0, 0.1) is 6.92 Å². The Balaban J connectivity index is 1.95. The number of carbonyl (C=O) groups is 2. The summed E-state index contributed by atoms with van der Waals surface area (Å²) in [4.78, 5) is 25.1. The van der Waals surface area contributed by atoms with E-state index in [-0.39, 0.29) is 18.5 Å². The molecule has 1 heterocycles. The molecule has 1 aliphatic rings. The van der Waals surface area contributed by atoms with E-state index in [1.54, 1.807) is 13.2 Å². The van der Waals surface area contributed by atoms with E-state index in [2.05, 4.69) is 5.32 Å². The van der Waals surface area contributed by atoms with Gasteiger partial charge < -0.3 is 15.2 Å². The van der Waals surface area contributed by atoms with E-state index >= 15 is 0 Å². The van der Waals surface area contributed by atoms with Gasteiger partial charge in [0.1, 0.15) is 5.75 Å². The molecule has 120 valence electrons. The van der Waals surface area contributed by atoms with Gasteiger partial charge in [-0.3, -0.25) is 14.5 Å². The molecule has 1 aromatic rings. The first-order chi connectivity index (χ1) is 10.5. The zero-order valence-corrected chi connectivity index (χ0v) is 13.0. The Morgan fingerprint density at radius 1 is 1.36 bits per heavy atom. The monoisotopic (exact) mass is 306 g/mol. The number of piperidine rings is 1. The molecule has 0 atom stereocenters. The molecule has 1 aliphatic heterocycles. The maximum absolute atomic E-state index is 12.5. The Hall–Kier alpha value is -2.08. The zero-order valence-electron chi connectivity index (χ0n) is 13.0. The third kappa shape index (κ3) is 3.98. The number of ether oxygens (including phenoxy) is 1. The van der Waals surface area contributed by atoms with E-state index in [4.69, 9.17) is 9.84 Å². The predicted molar refractivity (Wildman–Crippen MR) is 82.3 cm³/mol. The number of likely N-dealkylation sites (tertiary alicyclic amines) is 1. The molecule has 2 rings (SSSR count). The fourth-order valence-electron chi connectivity index (χ4n) is 2.79. The topological polar surface area (TPSA) is 78.9 Å². The molecule has 1 fully saturated rings. The first-order valence-electron chi connectivity index (χ1n) is 7.40. The van der Waals surface area contributed by atoms with Crippen LogP contribution >= 0.6 is 0 Å². The summed E-state index contributed by atoms with van der Waals surface area (Å²) in [6, 6.07) is 5.58. The third-order valence-electron chi connectivity index (χ3n) is 3.96. The van der Waals surface area contributed by atoms with Crippen LogP contribution < -0.4 is 10.1 Å². The number of carbonyl (C=O) groups excluding carboxylic acids is 1. The second-order valence-corrected chi connectivity index (χ2v) is 5.57. The van der Waals surface area contributed by atoms with Crippen LogP contribution in [-0.4, -0.2) is 54.7 Å². The van der Waals surface area contributed by atoms with Crippen molar-refractivity contribution < 1.29 is 19.4 Å². The number of aryl methyl sites for hydroxylation is 1. The maximum atomic E-state index is 12.5. The second kappa shape index (κ2) is 7.26. The van der Waals surface area contributed by atoms with Crippen LogP contribution in [-0.2, 0) is 4.79 Å². The van der Waals surface area contributed by atoms with Gasteiger partial charge in [-0.25, -0.2) is 0 Å². The summed E-state index contributed by atoms with van der Waals surface area (Å²) in [5.74, 6) is -0.375. The van der Waals surface area contributed by atoms with Crippen LogP contribution in [0.25, 0.3) is 0 Å². The molecule has 0 spiro atoms. The minimum atomic E-state index is -0.813. The van der Waals surface area contributed by atoms with Gasteiger partial charge in [-0.2, -0.15) is 0 Å². The van der Waals surface area contributed by atoms with Gasteiger partial charge in [-0.05, 0) is 31.4 Å². The quantitative estimate of drug-likeness (QED) is 0.857. The lowest BCUT2D eigenvalue weighted by atomic mass is 10.0. The minimum Gasteiger partial charge on any atom is -0.496 e. The molecule has 1 amide bonds. The number of carboxylic acid groups (broad SMARTS) is 1. The molecular weight excluding hydrogens is 284 g/mol. The van der Waals surface area contributed by atoms with Crippen LogP contribution in [0.2, 0.25) is 0 Å². The summed E-state index contributed by atoms with van der Waals surface area (Å²) in [7, 11) is 1.55. The van der Waals surface area contributed by atoms with Gasteiger partial charge in [0.05, 0.1) is 19.2 Å². The summed E-state index contributed by atoms with van der Waals surface area (Å²) < 4.78 is 5.26. The first-order valence-corrected chi connectivity index (χ1v) is 7.40. The Bertz CT molecular complexity index is 551. The highest BCUT2D eigenvalue weighted by Gasteiger charge is 2.24. The van der Waals surface area contributed by atoms with Crippen LogP contribution in [0.4, 0.5) is 0 Å². The average Bonchev–Trinajstić information content (AvgIpc) is 2.48. The van der Waals surface area contributed by atoms with Crippen molar-refractivity contribution in [3.63, 3.8) is 0 Å². The molecule has 0 radical (unpaired) electrons. The number of hydrogen-bond acceptors (Lipinski definition) is 4. The van der Waals surface area contributed by atoms with Crippen molar-refractivity contribution in [3.05, 3.63) is 29.3 Å². The largest absolute Gasteiger partial charge is 0.496 e. The van der Waals surface area contributed by atoms with E-state index in [0.717, 1.165) is 18.4 Å². The van der Waals surface area contributed by atoms with Crippen molar-refractivity contribution in [1.82, 2.24) is 10.2 Å². The number of hydrogen-bond donors (Lipinski definition) is 2. The van der Waals surface area contributed by atoms with Crippen molar-refractivity contribution in [2.45, 2.75) is 25.8 Å². The lowest BCUT2D eigenvalue weighted by molar-refractivity contribution is -0.138. The van der Waals surface area contributed by atoms with Crippen LogP contribution in [0.1, 0.15) is 28.8 Å². The number of nitrogens with one attached hydrogen (secondary N) is 1. The van der Waals surface area contributed by atoms with E-state index in [1.165, 1.54) is 0 Å². The summed E-state index contributed by atoms with van der Waals surface area (Å²) >= 11 is 0. The predicted octanol–water partition coefficient (Wildman–Crippen LogP) is 1.28. The van der Waals surface area contributed by atoms with E-state index in [1.807, 2.05) is 24.0 Å². The number of aliphatic carboxylic acids is 1. The van der Waals surface area contributed by atoms with Gasteiger partial charge in [0.25, 0.3) is 5.91 Å². The molecule has 0 bridgehead atoms. The fraction of sp³-hybridized carbons (Fsp3) is 0.500. The van der Waals surface area contributed by atoms with Gasteiger partial charge >= 0.3 is 5.97 Å². The normalized spacial score (nSPS) is 16.3. The van der Waals surface area contributed by atoms with Crippen molar-refractivity contribution in [2.75, 3.05) is 26.7 Å². The van der Waals surface area contributed by atoms with Crippen LogP contribution in [0.15, 0.2) is 18.2 Å². The van der Waals surface area contributed by atoms with Crippen LogP contribution in [0.5, 0.6) is 5.75 Å². The summed E-state index contributed by atoms with van der Waals surface area (Å²) in [5.41, 5.74) is 1.44. The Kier molecular flexibility index (Phi) is 5.38. The highest BCUT2D eigenvalue weighted by Crippen LogP contribution is 2.22. The van der Waals surface area contributed by atoms with E-state index in [9.17, 15) is 9.59 Å². The number of methoxy groups -OCH3 is 1. The van der Waals surface area contributed by atoms with E-state index < -0.39 is 5.97 Å². The summed E-state index contributed by atoms with van der Waals surface area (Å²) in [6.07, 6.45) is 1.51. The van der Waals surface area contributed by atoms with Crippen LogP contribution in [0.3, 0.4) is 0 Å². The highest BCUT2D eigenvalue weighted by atomic mass is 16.5. The molecule has 1 aromatic carbocycles. The van der Waals surface area contributed by atoms with Gasteiger partial charge in [-0.1, -0.05) is 12.1 Å². The number of amides is 1. The van der Waals surface area contributed by atoms with Gasteiger partial charge in [-0.15, -0.1) is 0 Å². The molecule has 6 heteroatoms. The standard InChI is InChI=1S/C16H22N2O4/c1-11-4-3-5-13(22-2)15(11)16(21)17-12-6-8-18(9-7-12)10-14(19)20/h3-5,12H,6-10H2,1-2H3,(H,17,21)(H,19,20). The lowest BCUT2D eigenvalue weighted by Gasteiger charge is -2.31. The fourth-order valence-corrected chi connectivity index (χ4v) is 2.79. The number of nitrogens with zero attached hydrogens (tertiary/aromatic N) is 1. The van der Waals surface area contributed by atoms with E-state index in [0.29, 0.717) is 24.4 Å². The molecule has 22 heavy (non-hydrogen) atoms. The highest BCUT2D eigenvalue weighted by molar-refractivity contribution is 5.98. The Morgan fingerprint density at radius 3 is 2.64 bits per heavy atom. The maximum Gasteiger partial charge on any atom is 0.317 e. The van der Waals surface area contributed by atoms with Crippen molar-refractivity contribution in [1.29, 1.82) is 0 Å². The van der Waals surface area contributed by atoms with Crippen molar-refractivity contribution in [3.8, 4) is 5.75 Å². The molecule has 2 N–H and O–H groups in total. The number of rotatable bonds is 5. The summed E-state index contributed by atoms with van der Waals surface area (Å²) in [5, 5.41) is 11.8. The Morgan fingerprint density at radius 2 is 2.05 bits per heavy atom.